The van der Waals surface area contributed by atoms with Crippen molar-refractivity contribution in [3.05, 3.63) is 47.1 Å². The molecule has 48 heavy (non-hydrogen) atoms. The van der Waals surface area contributed by atoms with E-state index in [-0.39, 0.29) is 16.4 Å². The van der Waals surface area contributed by atoms with E-state index in [4.69, 9.17) is 24.8 Å². The molecular formula is C30H36N6O10S2. The summed E-state index contributed by atoms with van der Waals surface area (Å²) in [7, 11) is -4.99. The number of thiazole rings is 1. The molecule has 18 heteroatoms. The van der Waals surface area contributed by atoms with Crippen LogP contribution >= 0.6 is 11.3 Å². The number of hydrogen-bond acceptors (Lipinski definition) is 14. The van der Waals surface area contributed by atoms with Gasteiger partial charge in [-0.05, 0) is 77.3 Å². The van der Waals surface area contributed by atoms with E-state index in [1.54, 1.807) is 18.2 Å². The van der Waals surface area contributed by atoms with Gasteiger partial charge in [-0.15, -0.1) is 15.6 Å². The number of carbonyl (C=O) groups excluding carboxylic acids is 2. The van der Waals surface area contributed by atoms with Gasteiger partial charge in [0.15, 0.2) is 16.6 Å². The minimum Gasteiger partial charge on any atom is -0.489 e. The molecule has 0 saturated carbocycles. The average molecular weight is 705 g/mol. The van der Waals surface area contributed by atoms with Crippen molar-refractivity contribution in [3.8, 4) is 5.75 Å². The number of fused-ring (bicyclic) bond motifs is 1. The number of benzene rings is 1. The first-order valence-corrected chi connectivity index (χ1v) is 17.2. The summed E-state index contributed by atoms with van der Waals surface area (Å²) in [5.74, 6) is -3.28. The van der Waals surface area contributed by atoms with Gasteiger partial charge in [0.05, 0.1) is 17.0 Å². The van der Waals surface area contributed by atoms with Crippen molar-refractivity contribution in [1.82, 2.24) is 20.3 Å². The lowest BCUT2D eigenvalue weighted by Crippen LogP contribution is -2.68. The Bertz CT molecular complexity index is 1880. The number of ether oxygens (including phenoxy) is 1. The fourth-order valence-electron chi connectivity index (χ4n) is 5.80. The second-order valence-electron chi connectivity index (χ2n) is 12.9. The van der Waals surface area contributed by atoms with Gasteiger partial charge >= 0.3 is 16.4 Å². The molecule has 3 unspecified atom stereocenters. The Balaban J connectivity index is 1.26. The number of pyridine rings is 1. The zero-order valence-electron chi connectivity index (χ0n) is 26.6. The second kappa shape index (κ2) is 13.3. The predicted octanol–water partition coefficient (Wildman–Crippen LogP) is 2.39. The highest BCUT2D eigenvalue weighted by atomic mass is 32.3. The summed E-state index contributed by atoms with van der Waals surface area (Å²) in [5.41, 5.74) is 5.87. The quantitative estimate of drug-likeness (QED) is 0.0817. The number of hydrogen-bond donors (Lipinski definition) is 4. The van der Waals surface area contributed by atoms with Crippen LogP contribution < -0.4 is 15.8 Å². The number of oxime groups is 1. The topological polar surface area (TPSA) is 233 Å². The number of nitrogens with zero attached hydrogens (tertiary/aromatic N) is 4. The van der Waals surface area contributed by atoms with Crippen LogP contribution in [-0.2, 0) is 40.3 Å². The van der Waals surface area contributed by atoms with Crippen molar-refractivity contribution < 1.29 is 46.3 Å². The van der Waals surface area contributed by atoms with Crippen LogP contribution in [0.3, 0.4) is 0 Å². The van der Waals surface area contributed by atoms with Crippen LogP contribution in [0.15, 0.2) is 40.9 Å². The lowest BCUT2D eigenvalue weighted by atomic mass is 9.74. The van der Waals surface area contributed by atoms with Gasteiger partial charge < -0.3 is 25.7 Å². The van der Waals surface area contributed by atoms with Gasteiger partial charge in [0.25, 0.3) is 12.0 Å². The van der Waals surface area contributed by atoms with Crippen LogP contribution in [-0.4, -0.2) is 86.8 Å². The number of β-lactam (4-membered cyclic amide) rings is 1. The van der Waals surface area contributed by atoms with E-state index in [2.05, 4.69) is 33.6 Å². The van der Waals surface area contributed by atoms with Gasteiger partial charge in [-0.1, -0.05) is 11.2 Å². The first-order chi connectivity index (χ1) is 22.4. The molecule has 0 aliphatic carbocycles. The molecule has 0 spiro atoms. The molecule has 1 aromatic carbocycles. The van der Waals surface area contributed by atoms with Crippen molar-refractivity contribution in [2.45, 2.75) is 64.1 Å². The van der Waals surface area contributed by atoms with E-state index in [9.17, 15) is 27.9 Å². The highest BCUT2D eigenvalue weighted by Crippen LogP contribution is 2.40. The molecule has 2 fully saturated rings. The summed E-state index contributed by atoms with van der Waals surface area (Å²) >= 11 is 0.993. The molecule has 2 aliphatic rings. The van der Waals surface area contributed by atoms with Crippen LogP contribution in [0.4, 0.5) is 5.13 Å². The Kier molecular flexibility index (Phi) is 9.76. The number of rotatable bonds is 14. The molecule has 0 radical (unpaired) electrons. The maximum Gasteiger partial charge on any atom is 0.418 e. The largest absolute Gasteiger partial charge is 0.489 e. The molecule has 1 amide bonds. The Morgan fingerprint density at radius 1 is 1.21 bits per heavy atom. The third-order valence-electron chi connectivity index (χ3n) is 8.29. The van der Waals surface area contributed by atoms with Crippen LogP contribution in [0.25, 0.3) is 10.9 Å². The van der Waals surface area contributed by atoms with Crippen LogP contribution in [0.1, 0.15) is 51.9 Å². The monoisotopic (exact) mass is 704 g/mol. The summed E-state index contributed by atoms with van der Waals surface area (Å²) in [5, 5.41) is 19.9. The molecule has 3 atom stereocenters. The van der Waals surface area contributed by atoms with E-state index in [1.807, 2.05) is 12.1 Å². The summed E-state index contributed by atoms with van der Waals surface area (Å²) in [6, 6.07) is 9.09. The highest BCUT2D eigenvalue weighted by molar-refractivity contribution is 7.80. The number of amides is 1. The molecule has 2 saturated heterocycles. The van der Waals surface area contributed by atoms with E-state index < -0.39 is 64.4 Å². The van der Waals surface area contributed by atoms with Crippen molar-refractivity contribution in [2.24, 2.45) is 17.0 Å². The van der Waals surface area contributed by atoms with E-state index in [0.717, 1.165) is 47.3 Å². The molecule has 2 aliphatic heterocycles. The first-order valence-electron chi connectivity index (χ1n) is 14.9. The fourth-order valence-corrected chi connectivity index (χ4v) is 6.80. The zero-order chi connectivity index (χ0) is 35.0. The van der Waals surface area contributed by atoms with Gasteiger partial charge in [-0.25, -0.2) is 9.78 Å². The van der Waals surface area contributed by atoms with Gasteiger partial charge in [0, 0.05) is 28.4 Å². The number of hydroxylamine groups is 2. The number of nitrogen functional groups attached to an aromatic ring is 1. The SMILES string of the molecule is CC1(C)CC(Cc2ccc3cc(OCC(O/N=C(\C(=O)CC4C(=O)N(OS(=O)(=O)O)C4(C)C)c4csc(N)n4)C(=O)O)ccc3n2)CN1. The van der Waals surface area contributed by atoms with E-state index in [0.29, 0.717) is 16.7 Å². The molecule has 2 aromatic heterocycles. The molecular weight excluding hydrogens is 668 g/mol. The molecule has 0 bridgehead atoms. The number of Topliss-reactive ketones (excluding diaryl/α,β-unsaturated/α-hetero) is 1. The summed E-state index contributed by atoms with van der Waals surface area (Å²) in [6.07, 6.45) is -0.218. The van der Waals surface area contributed by atoms with Crippen LogP contribution in [0.5, 0.6) is 5.75 Å². The average Bonchev–Trinajstić information content (AvgIpc) is 3.58. The van der Waals surface area contributed by atoms with E-state index >= 15 is 0 Å². The van der Waals surface area contributed by atoms with Gasteiger partial charge in [0.1, 0.15) is 18.1 Å². The predicted molar refractivity (Wildman–Crippen MR) is 173 cm³/mol. The lowest BCUT2D eigenvalue weighted by molar-refractivity contribution is -0.228. The second-order valence-corrected chi connectivity index (χ2v) is 14.8. The molecule has 4 heterocycles. The number of nitrogens with two attached hydrogens (primary N) is 1. The summed E-state index contributed by atoms with van der Waals surface area (Å²) < 4.78 is 41.3. The summed E-state index contributed by atoms with van der Waals surface area (Å²) in [6.45, 7) is 7.70. The van der Waals surface area contributed by atoms with Crippen LogP contribution in [0.2, 0.25) is 0 Å². The van der Waals surface area contributed by atoms with Crippen molar-refractivity contribution in [2.75, 3.05) is 18.9 Å². The Morgan fingerprint density at radius 3 is 2.56 bits per heavy atom. The van der Waals surface area contributed by atoms with Gasteiger partial charge in [-0.2, -0.15) is 13.5 Å². The number of carboxylic acid groups (broad SMARTS) is 1. The van der Waals surface area contributed by atoms with Crippen LogP contribution in [0, 0.1) is 11.8 Å². The number of carboxylic acids is 1. The Morgan fingerprint density at radius 2 is 1.96 bits per heavy atom. The minimum atomic E-state index is -4.99. The third-order valence-corrected chi connectivity index (χ3v) is 9.31. The number of carbonyl (C=O) groups is 3. The maximum atomic E-state index is 13.4. The minimum absolute atomic E-state index is 0.0162. The number of nitrogens with one attached hydrogen (secondary N) is 1. The Labute approximate surface area is 280 Å². The highest BCUT2D eigenvalue weighted by Gasteiger charge is 2.57. The third kappa shape index (κ3) is 8.07. The summed E-state index contributed by atoms with van der Waals surface area (Å²) in [4.78, 5) is 52.1. The number of anilines is 1. The molecule has 5 rings (SSSR count). The van der Waals surface area contributed by atoms with Gasteiger partial charge in [-0.3, -0.25) is 19.1 Å². The normalized spacial score (nSPS) is 21.1. The fraction of sp³-hybridized carbons (Fsp3) is 0.467. The number of ketones is 1. The lowest BCUT2D eigenvalue weighted by Gasteiger charge is -2.50. The Hall–Kier alpha value is -4.23. The molecule has 258 valence electrons. The van der Waals surface area contributed by atoms with E-state index in [1.165, 1.54) is 19.2 Å². The zero-order valence-corrected chi connectivity index (χ0v) is 28.2. The van der Waals surface area contributed by atoms with Crippen molar-refractivity contribution in [3.63, 3.8) is 0 Å². The molecule has 3 aromatic rings. The standard InChI is InChI=1S/C30H36N6O10S2/c1-29(2)12-16(13-32-29)9-18-6-5-17-10-19(7-8-21(17)33-18)44-14-24(27(39)40)45-35-25(22-15-47-28(31)34-22)23(37)11-20-26(38)36(30(20,3)4)46-48(41,42)43/h5-8,10,15-16,20,24,32H,9,11-14H2,1-4H3,(H2,31,34)(H,39,40)(H,41,42,43)/b35-25-. The number of aromatic nitrogens is 2. The smallest absolute Gasteiger partial charge is 0.418 e. The molecule has 16 nitrogen and oxygen atoms in total. The van der Waals surface area contributed by atoms with Gasteiger partial charge in [0.2, 0.25) is 0 Å². The van der Waals surface area contributed by atoms with Crippen molar-refractivity contribution >= 4 is 61.1 Å². The molecule has 5 N–H and O–H groups in total. The maximum absolute atomic E-state index is 13.4. The van der Waals surface area contributed by atoms with Crippen molar-refractivity contribution in [1.29, 1.82) is 0 Å². The number of aliphatic carboxylic acids is 1. The first kappa shape index (κ1) is 35.1.